The number of carbonyl (C=O) groups excluding carboxylic acids is 1. The first-order valence-electron chi connectivity index (χ1n) is 6.71. The van der Waals surface area contributed by atoms with Crippen LogP contribution in [0.3, 0.4) is 0 Å². The van der Waals surface area contributed by atoms with Crippen molar-refractivity contribution in [3.8, 4) is 0 Å². The van der Waals surface area contributed by atoms with E-state index in [-0.39, 0.29) is 35.4 Å². The average Bonchev–Trinajstić information content (AvgIpc) is 2.57. The molecule has 18 heavy (non-hydrogen) atoms. The molecular weight excluding hydrogens is 228 g/mol. The molecule has 2 saturated carbocycles. The summed E-state index contributed by atoms with van der Waals surface area (Å²) in [5.74, 6) is 0.0368. The summed E-state index contributed by atoms with van der Waals surface area (Å²) < 4.78 is 5.56. The molecule has 0 aromatic rings. The molecule has 1 heterocycles. The lowest BCUT2D eigenvalue weighted by atomic mass is 9.57. The van der Waals surface area contributed by atoms with Gasteiger partial charge >= 0.3 is 5.97 Å². The van der Waals surface area contributed by atoms with Gasteiger partial charge in [0.1, 0.15) is 6.10 Å². The number of hydrogen-bond acceptors (Lipinski definition) is 3. The summed E-state index contributed by atoms with van der Waals surface area (Å²) >= 11 is 0. The highest BCUT2D eigenvalue weighted by atomic mass is 16.6. The molecule has 3 fully saturated rings. The maximum absolute atomic E-state index is 11.8. The first kappa shape index (κ1) is 12.0. The van der Waals surface area contributed by atoms with E-state index < -0.39 is 0 Å². The van der Waals surface area contributed by atoms with Crippen molar-refractivity contribution in [3.05, 3.63) is 24.3 Å². The molecule has 98 valence electrons. The molecular formula is C15H20O3. The number of aliphatic hydroxyl groups excluding tert-OH is 1. The largest absolute Gasteiger partial charge is 0.457 e. The van der Waals surface area contributed by atoms with Crippen LogP contribution in [0.15, 0.2) is 24.3 Å². The summed E-state index contributed by atoms with van der Waals surface area (Å²) in [6, 6.07) is 0. The monoisotopic (exact) mass is 248 g/mol. The molecule has 2 unspecified atom stereocenters. The zero-order chi connectivity index (χ0) is 13.1. The summed E-state index contributed by atoms with van der Waals surface area (Å²) in [5.41, 5.74) is 1.46. The average molecular weight is 248 g/mol. The molecule has 1 saturated heterocycles. The van der Waals surface area contributed by atoms with E-state index in [1.807, 2.05) is 0 Å². The number of hydrogen-bond donors (Lipinski definition) is 1. The minimum Gasteiger partial charge on any atom is -0.457 e. The standard InChI is InChI=1S/C15H20O3/c1-8-4-5-11(16)10-6-7-15(3)9(2)14(17)18-13(15)12(8)10/h10-13,16H,1-2,4-7H2,3H3/t10?,11-,12?,13-,15-/m1/s1. The number of aliphatic hydroxyl groups is 1. The Morgan fingerprint density at radius 3 is 2.83 bits per heavy atom. The van der Waals surface area contributed by atoms with Crippen LogP contribution in [-0.2, 0) is 9.53 Å². The lowest BCUT2D eigenvalue weighted by Gasteiger charge is -2.48. The third-order valence-corrected chi connectivity index (χ3v) is 5.31. The Labute approximate surface area is 108 Å². The van der Waals surface area contributed by atoms with Crippen molar-refractivity contribution in [2.45, 2.75) is 44.8 Å². The van der Waals surface area contributed by atoms with E-state index in [2.05, 4.69) is 20.1 Å². The van der Waals surface area contributed by atoms with E-state index in [0.717, 1.165) is 31.3 Å². The van der Waals surface area contributed by atoms with E-state index in [1.165, 1.54) is 0 Å². The summed E-state index contributed by atoms with van der Waals surface area (Å²) in [4.78, 5) is 11.8. The Balaban J connectivity index is 2.00. The highest BCUT2D eigenvalue weighted by Crippen LogP contribution is 2.56. The van der Waals surface area contributed by atoms with E-state index >= 15 is 0 Å². The molecule has 0 bridgehead atoms. The quantitative estimate of drug-likeness (QED) is 0.406. The second kappa shape index (κ2) is 3.70. The van der Waals surface area contributed by atoms with Crippen molar-refractivity contribution in [3.63, 3.8) is 0 Å². The summed E-state index contributed by atoms with van der Waals surface area (Å²) in [6.07, 6.45) is 2.97. The van der Waals surface area contributed by atoms with Gasteiger partial charge in [-0.1, -0.05) is 25.7 Å². The Morgan fingerprint density at radius 1 is 1.39 bits per heavy atom. The van der Waals surface area contributed by atoms with Crippen LogP contribution in [0, 0.1) is 17.3 Å². The van der Waals surface area contributed by atoms with E-state index in [1.54, 1.807) is 0 Å². The molecule has 0 radical (unpaired) electrons. The summed E-state index contributed by atoms with van der Waals surface area (Å²) in [6.45, 7) is 10.1. The second-order valence-corrected chi connectivity index (χ2v) is 6.21. The normalized spacial score (nSPS) is 47.6. The molecule has 3 heteroatoms. The van der Waals surface area contributed by atoms with E-state index in [0.29, 0.717) is 5.57 Å². The molecule has 3 nitrogen and oxygen atoms in total. The van der Waals surface area contributed by atoms with E-state index in [4.69, 9.17) is 4.74 Å². The molecule has 0 spiro atoms. The molecule has 3 aliphatic rings. The number of esters is 1. The van der Waals surface area contributed by atoms with Gasteiger partial charge in [0.25, 0.3) is 0 Å². The Morgan fingerprint density at radius 2 is 2.11 bits per heavy atom. The van der Waals surface area contributed by atoms with Crippen LogP contribution in [0.2, 0.25) is 0 Å². The van der Waals surface area contributed by atoms with Gasteiger partial charge in [-0.05, 0) is 31.6 Å². The maximum atomic E-state index is 11.8. The van der Waals surface area contributed by atoms with Crippen molar-refractivity contribution in [1.82, 2.24) is 0 Å². The zero-order valence-electron chi connectivity index (χ0n) is 10.8. The molecule has 1 N–H and O–H groups in total. The van der Waals surface area contributed by atoms with Crippen molar-refractivity contribution >= 4 is 5.97 Å². The van der Waals surface area contributed by atoms with Crippen LogP contribution >= 0.6 is 0 Å². The van der Waals surface area contributed by atoms with Gasteiger partial charge in [-0.3, -0.25) is 0 Å². The number of rotatable bonds is 0. The van der Waals surface area contributed by atoms with Crippen LogP contribution in [0.1, 0.15) is 32.6 Å². The number of fused-ring (bicyclic) bond motifs is 3. The fourth-order valence-electron chi connectivity index (χ4n) is 4.02. The minimum absolute atomic E-state index is 0.107. The topological polar surface area (TPSA) is 46.5 Å². The van der Waals surface area contributed by atoms with Crippen molar-refractivity contribution in [1.29, 1.82) is 0 Å². The zero-order valence-corrected chi connectivity index (χ0v) is 10.8. The SMILES string of the molecule is C=C1CC[C@@H](O)C2CC[C@]3(C)C(=C)C(=O)O[C@@H]3C12. The van der Waals surface area contributed by atoms with Crippen molar-refractivity contribution < 1.29 is 14.6 Å². The maximum Gasteiger partial charge on any atom is 0.334 e. The fraction of sp³-hybridized carbons (Fsp3) is 0.667. The Kier molecular flexibility index (Phi) is 2.46. The second-order valence-electron chi connectivity index (χ2n) is 6.21. The predicted molar refractivity (Wildman–Crippen MR) is 67.7 cm³/mol. The predicted octanol–water partition coefficient (Wildman–Crippen LogP) is 2.21. The lowest BCUT2D eigenvalue weighted by Crippen LogP contribution is -2.49. The molecule has 0 aromatic heterocycles. The summed E-state index contributed by atoms with van der Waals surface area (Å²) in [7, 11) is 0. The van der Waals surface area contributed by atoms with Gasteiger partial charge in [-0.15, -0.1) is 0 Å². The summed E-state index contributed by atoms with van der Waals surface area (Å²) in [5, 5.41) is 10.2. The fourth-order valence-corrected chi connectivity index (χ4v) is 4.02. The lowest BCUT2D eigenvalue weighted by molar-refractivity contribution is -0.147. The van der Waals surface area contributed by atoms with Crippen LogP contribution in [0.5, 0.6) is 0 Å². The van der Waals surface area contributed by atoms with Gasteiger partial charge < -0.3 is 9.84 Å². The van der Waals surface area contributed by atoms with Gasteiger partial charge in [0.05, 0.1) is 6.10 Å². The number of ether oxygens (including phenoxy) is 1. The van der Waals surface area contributed by atoms with Gasteiger partial charge in [0.2, 0.25) is 0 Å². The molecule has 3 rings (SSSR count). The molecule has 0 amide bonds. The van der Waals surface area contributed by atoms with Gasteiger partial charge in [-0.25, -0.2) is 4.79 Å². The van der Waals surface area contributed by atoms with Crippen LogP contribution in [0.25, 0.3) is 0 Å². The first-order chi connectivity index (χ1) is 8.45. The molecule has 2 aliphatic carbocycles. The van der Waals surface area contributed by atoms with Crippen molar-refractivity contribution in [2.75, 3.05) is 0 Å². The molecule has 5 atom stereocenters. The van der Waals surface area contributed by atoms with Crippen LogP contribution < -0.4 is 0 Å². The van der Waals surface area contributed by atoms with Gasteiger partial charge in [0.15, 0.2) is 0 Å². The third kappa shape index (κ3) is 1.37. The smallest absolute Gasteiger partial charge is 0.334 e. The van der Waals surface area contributed by atoms with Crippen LogP contribution in [-0.4, -0.2) is 23.3 Å². The van der Waals surface area contributed by atoms with Crippen LogP contribution in [0.4, 0.5) is 0 Å². The molecule has 1 aliphatic heterocycles. The highest BCUT2D eigenvalue weighted by Gasteiger charge is 2.58. The Hall–Kier alpha value is -1.09. The molecule has 0 aromatic carbocycles. The minimum atomic E-state index is -0.280. The van der Waals surface area contributed by atoms with Gasteiger partial charge in [0, 0.05) is 16.9 Å². The third-order valence-electron chi connectivity index (χ3n) is 5.31. The Bertz CT molecular complexity index is 439. The highest BCUT2D eigenvalue weighted by molar-refractivity contribution is 5.92. The number of carbonyl (C=O) groups is 1. The van der Waals surface area contributed by atoms with E-state index in [9.17, 15) is 9.90 Å². The van der Waals surface area contributed by atoms with Crippen molar-refractivity contribution in [2.24, 2.45) is 17.3 Å². The van der Waals surface area contributed by atoms with Gasteiger partial charge in [-0.2, -0.15) is 0 Å². The first-order valence-corrected chi connectivity index (χ1v) is 6.71.